The van der Waals surface area contributed by atoms with Crippen molar-refractivity contribution in [2.24, 2.45) is 0 Å². The maximum Gasteiger partial charge on any atom is 0.0462 e. The molecule has 8 aromatic carbocycles. The molecule has 0 bridgehead atoms. The lowest BCUT2D eigenvalue weighted by Gasteiger charge is -2.26. The highest BCUT2D eigenvalue weighted by Gasteiger charge is 2.19. The van der Waals surface area contributed by atoms with Crippen molar-refractivity contribution in [1.29, 1.82) is 0 Å². The van der Waals surface area contributed by atoms with Crippen LogP contribution in [0.25, 0.3) is 73.7 Å². The summed E-state index contributed by atoms with van der Waals surface area (Å²) in [6.45, 7) is 0. The molecule has 0 N–H and O–H groups in total. The first-order valence-corrected chi connectivity index (χ1v) is 18.9. The fourth-order valence-corrected chi connectivity index (χ4v) is 9.82. The van der Waals surface area contributed by atoms with Crippen LogP contribution in [0.2, 0.25) is 0 Å². The Bertz CT molecular complexity index is 2730. The van der Waals surface area contributed by atoms with E-state index in [-0.39, 0.29) is 0 Å². The number of fused-ring (bicyclic) bond motifs is 7. The van der Waals surface area contributed by atoms with Crippen LogP contribution in [-0.2, 0) is 0 Å². The molecule has 0 atom stereocenters. The predicted octanol–water partition coefficient (Wildman–Crippen LogP) is 14.9. The monoisotopic (exact) mass is 685 g/mol. The average Bonchev–Trinajstić information content (AvgIpc) is 3.78. The summed E-state index contributed by atoms with van der Waals surface area (Å²) in [5.74, 6) is 0. The summed E-state index contributed by atoms with van der Waals surface area (Å²) in [7, 11) is 0. The van der Waals surface area contributed by atoms with Crippen LogP contribution in [0.15, 0.2) is 188 Å². The van der Waals surface area contributed by atoms with E-state index in [2.05, 4.69) is 193 Å². The third-order valence-electron chi connectivity index (χ3n) is 9.89. The van der Waals surface area contributed by atoms with Gasteiger partial charge < -0.3 is 4.90 Å². The second-order valence-corrected chi connectivity index (χ2v) is 15.0. The summed E-state index contributed by atoms with van der Waals surface area (Å²) in [4.78, 5) is 2.36. The van der Waals surface area contributed by atoms with Gasteiger partial charge in [-0.2, -0.15) is 0 Å². The number of anilines is 3. The zero-order valence-corrected chi connectivity index (χ0v) is 29.3. The van der Waals surface area contributed by atoms with Crippen molar-refractivity contribution >= 4 is 80.1 Å². The van der Waals surface area contributed by atoms with Crippen molar-refractivity contribution in [3.63, 3.8) is 0 Å². The molecule has 240 valence electrons. The predicted molar refractivity (Wildman–Crippen MR) is 223 cm³/mol. The molecule has 0 radical (unpaired) electrons. The van der Waals surface area contributed by atoms with E-state index in [4.69, 9.17) is 0 Å². The van der Waals surface area contributed by atoms with E-state index in [0.29, 0.717) is 0 Å². The van der Waals surface area contributed by atoms with Gasteiger partial charge in [-0.3, -0.25) is 0 Å². The molecule has 2 aromatic heterocycles. The number of nitrogens with zero attached hydrogens (tertiary/aromatic N) is 1. The first kappa shape index (κ1) is 29.9. The van der Waals surface area contributed by atoms with Crippen molar-refractivity contribution in [3.05, 3.63) is 188 Å². The van der Waals surface area contributed by atoms with Crippen LogP contribution < -0.4 is 4.90 Å². The number of rotatable bonds is 6. The minimum absolute atomic E-state index is 1.12. The van der Waals surface area contributed by atoms with Crippen LogP contribution in [0.4, 0.5) is 17.1 Å². The molecule has 0 saturated heterocycles. The number of hydrogen-bond donors (Lipinski definition) is 0. The standard InChI is InChI=1S/C48H31NS2/c1-3-11-32(12-4-1)34-19-25-37(26-20-34)49(38-27-21-35(22-28-38)33-13-5-2-6-14-33)39-29-23-36(24-30-39)42-31-45-46(40-15-7-9-17-43(40)50-45)47-41-16-8-10-18-44(41)51-48(42)47/h1-31H. The first-order chi connectivity index (χ1) is 25.3. The Hall–Kier alpha value is -6.00. The summed E-state index contributed by atoms with van der Waals surface area (Å²) < 4.78 is 5.36. The molecule has 3 heteroatoms. The van der Waals surface area contributed by atoms with E-state index in [1.54, 1.807) is 0 Å². The smallest absolute Gasteiger partial charge is 0.0462 e. The molecule has 0 spiro atoms. The minimum atomic E-state index is 1.12. The van der Waals surface area contributed by atoms with Gasteiger partial charge in [0.25, 0.3) is 0 Å². The summed E-state index contributed by atoms with van der Waals surface area (Å²) in [6.07, 6.45) is 0. The van der Waals surface area contributed by atoms with E-state index in [0.717, 1.165) is 17.1 Å². The van der Waals surface area contributed by atoms with Gasteiger partial charge in [0.05, 0.1) is 0 Å². The highest BCUT2D eigenvalue weighted by molar-refractivity contribution is 7.28. The van der Waals surface area contributed by atoms with Gasteiger partial charge in [-0.1, -0.05) is 133 Å². The van der Waals surface area contributed by atoms with E-state index in [9.17, 15) is 0 Å². The largest absolute Gasteiger partial charge is 0.311 e. The van der Waals surface area contributed by atoms with Gasteiger partial charge in [-0.15, -0.1) is 22.7 Å². The van der Waals surface area contributed by atoms with Crippen LogP contribution in [0.1, 0.15) is 0 Å². The van der Waals surface area contributed by atoms with Crippen molar-refractivity contribution < 1.29 is 0 Å². The zero-order chi connectivity index (χ0) is 33.7. The number of hydrogen-bond acceptors (Lipinski definition) is 3. The van der Waals surface area contributed by atoms with Crippen molar-refractivity contribution in [1.82, 2.24) is 0 Å². The summed E-state index contributed by atoms with van der Waals surface area (Å²) in [5, 5.41) is 5.45. The van der Waals surface area contributed by atoms with Crippen LogP contribution in [0, 0.1) is 0 Å². The third kappa shape index (κ3) is 5.21. The van der Waals surface area contributed by atoms with Gasteiger partial charge in [0.1, 0.15) is 0 Å². The number of thiophene rings is 2. The third-order valence-corrected chi connectivity index (χ3v) is 12.2. The molecule has 0 aliphatic carbocycles. The second kappa shape index (κ2) is 12.4. The van der Waals surface area contributed by atoms with Crippen LogP contribution in [0.5, 0.6) is 0 Å². The molecule has 10 aromatic rings. The summed E-state index contributed by atoms with van der Waals surface area (Å²) in [6, 6.07) is 68.3. The van der Waals surface area contributed by atoms with E-state index in [1.165, 1.54) is 73.7 Å². The molecule has 10 rings (SSSR count). The first-order valence-electron chi connectivity index (χ1n) is 17.3. The molecule has 51 heavy (non-hydrogen) atoms. The van der Waals surface area contributed by atoms with Crippen molar-refractivity contribution in [2.45, 2.75) is 0 Å². The minimum Gasteiger partial charge on any atom is -0.311 e. The Morgan fingerprint density at radius 2 is 0.725 bits per heavy atom. The lowest BCUT2D eigenvalue weighted by Crippen LogP contribution is -2.09. The molecular formula is C48H31NS2. The second-order valence-electron chi connectivity index (χ2n) is 12.9. The Kier molecular flexibility index (Phi) is 7.26. The highest BCUT2D eigenvalue weighted by Crippen LogP contribution is 2.49. The molecule has 0 aliphatic rings. The van der Waals surface area contributed by atoms with Gasteiger partial charge in [0, 0.05) is 63.0 Å². The van der Waals surface area contributed by atoms with Crippen LogP contribution in [0.3, 0.4) is 0 Å². The molecule has 0 saturated carbocycles. The lowest BCUT2D eigenvalue weighted by molar-refractivity contribution is 1.28. The Balaban J connectivity index is 1.10. The normalized spacial score (nSPS) is 11.5. The zero-order valence-electron chi connectivity index (χ0n) is 27.7. The molecule has 0 unspecified atom stereocenters. The molecule has 2 heterocycles. The molecule has 0 aliphatic heterocycles. The Labute approximate surface area is 304 Å². The van der Waals surface area contributed by atoms with E-state index >= 15 is 0 Å². The number of benzene rings is 8. The molecule has 1 nitrogen and oxygen atoms in total. The van der Waals surface area contributed by atoms with Crippen LogP contribution >= 0.6 is 22.7 Å². The molecule has 0 amide bonds. The van der Waals surface area contributed by atoms with Gasteiger partial charge in [-0.05, 0) is 82.4 Å². The Morgan fingerprint density at radius 3 is 1.25 bits per heavy atom. The maximum atomic E-state index is 2.43. The van der Waals surface area contributed by atoms with E-state index in [1.807, 2.05) is 22.7 Å². The maximum absolute atomic E-state index is 2.43. The molecule has 0 fully saturated rings. The van der Waals surface area contributed by atoms with Gasteiger partial charge >= 0.3 is 0 Å². The SMILES string of the molecule is c1ccc(-c2ccc(N(c3ccc(-c4ccccc4)cc3)c3ccc(-c4cc5sc6ccccc6c5c5c4sc4ccccc45)cc3)cc2)cc1. The molecular weight excluding hydrogens is 655 g/mol. The topological polar surface area (TPSA) is 3.24 Å². The Morgan fingerprint density at radius 1 is 0.314 bits per heavy atom. The van der Waals surface area contributed by atoms with Gasteiger partial charge in [0.15, 0.2) is 0 Å². The van der Waals surface area contributed by atoms with Gasteiger partial charge in [-0.25, -0.2) is 0 Å². The van der Waals surface area contributed by atoms with E-state index < -0.39 is 0 Å². The highest BCUT2D eigenvalue weighted by atomic mass is 32.1. The van der Waals surface area contributed by atoms with Crippen molar-refractivity contribution in [2.75, 3.05) is 4.90 Å². The summed E-state index contributed by atoms with van der Waals surface area (Å²) >= 11 is 3.80. The lowest BCUT2D eigenvalue weighted by atomic mass is 9.98. The fourth-order valence-electron chi connectivity index (χ4n) is 7.42. The summed E-state index contributed by atoms with van der Waals surface area (Å²) in [5.41, 5.74) is 10.7. The van der Waals surface area contributed by atoms with Crippen molar-refractivity contribution in [3.8, 4) is 33.4 Å². The quantitative estimate of drug-likeness (QED) is 0.168. The van der Waals surface area contributed by atoms with Gasteiger partial charge in [0.2, 0.25) is 0 Å². The van der Waals surface area contributed by atoms with Crippen LogP contribution in [-0.4, -0.2) is 0 Å². The fraction of sp³-hybridized carbons (Fsp3) is 0. The average molecular weight is 686 g/mol.